The van der Waals surface area contributed by atoms with E-state index in [1.54, 1.807) is 0 Å². The molecule has 1 aliphatic heterocycles. The fourth-order valence-corrected chi connectivity index (χ4v) is 8.55. The molecule has 1 rings (SSSR count). The molecule has 1 aliphatic rings. The maximum Gasteiger partial charge on any atom is 0.508 e. The van der Waals surface area contributed by atoms with Crippen molar-refractivity contribution >= 4 is 30.2 Å². The third-order valence-electron chi connectivity index (χ3n) is 13.2. The largest absolute Gasteiger partial charge is 0.508 e. The fourth-order valence-electron chi connectivity index (χ4n) is 8.55. The summed E-state index contributed by atoms with van der Waals surface area (Å²) in [6, 6.07) is 0. The van der Waals surface area contributed by atoms with E-state index in [1.807, 2.05) is 0 Å². The molecule has 0 spiro atoms. The lowest BCUT2D eigenvalue weighted by atomic mass is 10.0. The first-order valence-corrected chi connectivity index (χ1v) is 28.8. The maximum atomic E-state index is 12.8. The fraction of sp³-hybridized carbons (Fsp3) is 0.911. The lowest BCUT2D eigenvalue weighted by Gasteiger charge is -2.32. The molecule has 70 heavy (non-hydrogen) atoms. The number of amides is 1. The van der Waals surface area contributed by atoms with Gasteiger partial charge in [-0.15, -0.1) is 0 Å². The van der Waals surface area contributed by atoms with Crippen molar-refractivity contribution in [2.24, 2.45) is 5.92 Å². The van der Waals surface area contributed by atoms with E-state index in [4.69, 9.17) is 28.4 Å². The van der Waals surface area contributed by atoms with Crippen LogP contribution in [-0.4, -0.2) is 125 Å². The van der Waals surface area contributed by atoms with Crippen molar-refractivity contribution in [3.05, 3.63) is 0 Å². The van der Waals surface area contributed by atoms with Gasteiger partial charge in [-0.3, -0.25) is 14.4 Å². The molecule has 0 aromatic rings. The number of likely N-dealkylation sites (N-methyl/N-ethyl adjacent to an activating group) is 1. The number of esters is 3. The Hall–Kier alpha value is -3.13. The zero-order valence-electron chi connectivity index (χ0n) is 45.4. The summed E-state index contributed by atoms with van der Waals surface area (Å²) in [7, 11) is 2.11. The van der Waals surface area contributed by atoms with Crippen molar-refractivity contribution in [3.63, 3.8) is 0 Å². The molecule has 0 saturated carbocycles. The Bertz CT molecular complexity index is 1250. The van der Waals surface area contributed by atoms with Gasteiger partial charge < -0.3 is 43.5 Å². The first-order valence-electron chi connectivity index (χ1n) is 28.8. The van der Waals surface area contributed by atoms with Crippen LogP contribution < -0.4 is 5.32 Å². The molecular formula is C56H105N3O11. The molecular weight excluding hydrogens is 891 g/mol. The minimum absolute atomic E-state index is 0.0392. The summed E-state index contributed by atoms with van der Waals surface area (Å²) in [4.78, 5) is 67.2. The maximum absolute atomic E-state index is 12.8. The summed E-state index contributed by atoms with van der Waals surface area (Å²) in [5.41, 5.74) is 0. The Kier molecular flexibility index (Phi) is 44.6. The number of nitrogens with one attached hydrogen (secondary N) is 1. The van der Waals surface area contributed by atoms with E-state index < -0.39 is 24.1 Å². The number of hydrogen-bond acceptors (Lipinski definition) is 13. The normalized spacial score (nSPS) is 13.5. The van der Waals surface area contributed by atoms with Gasteiger partial charge in [-0.1, -0.05) is 156 Å². The number of carbonyl (C=O) groups is 5. The first-order chi connectivity index (χ1) is 34.2. The molecule has 0 radical (unpaired) electrons. The highest BCUT2D eigenvalue weighted by Crippen LogP contribution is 2.19. The Labute approximate surface area is 426 Å². The predicted molar refractivity (Wildman–Crippen MR) is 280 cm³/mol. The molecule has 0 bridgehead atoms. The second-order valence-corrected chi connectivity index (χ2v) is 20.0. The van der Waals surface area contributed by atoms with Crippen LogP contribution in [0.3, 0.4) is 0 Å². The third-order valence-corrected chi connectivity index (χ3v) is 13.2. The topological polar surface area (TPSA) is 159 Å². The van der Waals surface area contributed by atoms with Gasteiger partial charge in [0.15, 0.2) is 0 Å². The Balaban J connectivity index is 2.38. The summed E-state index contributed by atoms with van der Waals surface area (Å²) in [5, 5.41) is 2.78. The predicted octanol–water partition coefficient (Wildman–Crippen LogP) is 13.1. The number of nitrogens with zero attached hydrogens (tertiary/aromatic N) is 2. The van der Waals surface area contributed by atoms with Crippen LogP contribution in [0.2, 0.25) is 0 Å². The lowest BCUT2D eigenvalue weighted by molar-refractivity contribution is -0.150. The molecule has 1 amide bonds. The van der Waals surface area contributed by atoms with Crippen molar-refractivity contribution in [1.29, 1.82) is 0 Å². The smallest absolute Gasteiger partial charge is 0.466 e. The second kappa shape index (κ2) is 48.2. The van der Waals surface area contributed by atoms with Crippen LogP contribution >= 0.6 is 0 Å². The Morgan fingerprint density at radius 1 is 0.443 bits per heavy atom. The van der Waals surface area contributed by atoms with Gasteiger partial charge in [0.1, 0.15) is 25.9 Å². The minimum Gasteiger partial charge on any atom is -0.466 e. The molecule has 14 heteroatoms. The number of carbonyl (C=O) groups excluding carboxylic acids is 5. The molecule has 0 aromatic heterocycles. The number of rotatable bonds is 48. The second-order valence-electron chi connectivity index (χ2n) is 20.0. The molecule has 1 saturated heterocycles. The Morgan fingerprint density at radius 2 is 0.886 bits per heavy atom. The van der Waals surface area contributed by atoms with Crippen LogP contribution in [0.5, 0.6) is 0 Å². The van der Waals surface area contributed by atoms with Crippen molar-refractivity contribution in [1.82, 2.24) is 15.1 Å². The molecule has 1 heterocycles. The van der Waals surface area contributed by atoms with E-state index in [-0.39, 0.29) is 50.9 Å². The van der Waals surface area contributed by atoms with Gasteiger partial charge in [-0.2, -0.15) is 0 Å². The quantitative estimate of drug-likeness (QED) is 0.0349. The van der Waals surface area contributed by atoms with Gasteiger partial charge in [-0.25, -0.2) is 9.59 Å². The first kappa shape index (κ1) is 64.9. The summed E-state index contributed by atoms with van der Waals surface area (Å²) >= 11 is 0. The molecule has 0 aliphatic carbocycles. The van der Waals surface area contributed by atoms with Crippen LogP contribution in [0.25, 0.3) is 0 Å². The SMILES string of the molecule is CCCCCCCCCCOC(=O)CCCCCC(=O)OCC(COC(=O)NCCCCCCCC(=O)OC(CCCCCCCC)CCCCCCCC)COC(=O)OCCCN1CCN(C)CC1. The highest BCUT2D eigenvalue weighted by atomic mass is 16.7. The average Bonchev–Trinajstić information content (AvgIpc) is 3.35. The van der Waals surface area contributed by atoms with Gasteiger partial charge in [0.2, 0.25) is 0 Å². The highest BCUT2D eigenvalue weighted by Gasteiger charge is 2.20. The summed E-state index contributed by atoms with van der Waals surface area (Å²) in [6.07, 6.45) is 32.8. The van der Waals surface area contributed by atoms with E-state index in [9.17, 15) is 24.0 Å². The molecule has 1 N–H and O–H groups in total. The van der Waals surface area contributed by atoms with Crippen LogP contribution in [0.15, 0.2) is 0 Å². The molecule has 0 aromatic carbocycles. The number of alkyl carbamates (subject to hydrolysis) is 1. The molecule has 1 atom stereocenters. The molecule has 1 unspecified atom stereocenters. The van der Waals surface area contributed by atoms with E-state index in [0.717, 1.165) is 103 Å². The number of piperazine rings is 1. The van der Waals surface area contributed by atoms with Crippen LogP contribution in [-0.2, 0) is 42.8 Å². The minimum atomic E-state index is -0.816. The number of hydrogen-bond donors (Lipinski definition) is 1. The molecule has 14 nitrogen and oxygen atoms in total. The lowest BCUT2D eigenvalue weighted by Crippen LogP contribution is -2.44. The zero-order valence-corrected chi connectivity index (χ0v) is 45.4. The van der Waals surface area contributed by atoms with Gasteiger partial charge >= 0.3 is 30.2 Å². The zero-order chi connectivity index (χ0) is 51.0. The van der Waals surface area contributed by atoms with Gasteiger partial charge in [0, 0.05) is 58.5 Å². The van der Waals surface area contributed by atoms with Crippen LogP contribution in [0.1, 0.15) is 239 Å². The van der Waals surface area contributed by atoms with E-state index in [0.29, 0.717) is 51.7 Å². The van der Waals surface area contributed by atoms with Crippen molar-refractivity contribution in [3.8, 4) is 0 Å². The summed E-state index contributed by atoms with van der Waals surface area (Å²) in [6.45, 7) is 12.3. The van der Waals surface area contributed by atoms with Crippen LogP contribution in [0, 0.1) is 5.92 Å². The number of unbranched alkanes of at least 4 members (excludes halogenated alkanes) is 23. The monoisotopic (exact) mass is 996 g/mol. The summed E-state index contributed by atoms with van der Waals surface area (Å²) < 4.78 is 33.0. The van der Waals surface area contributed by atoms with Gasteiger partial charge in [0.05, 0.1) is 19.1 Å². The Morgan fingerprint density at radius 3 is 1.47 bits per heavy atom. The van der Waals surface area contributed by atoms with Crippen molar-refractivity contribution in [2.75, 3.05) is 79.4 Å². The summed E-state index contributed by atoms with van der Waals surface area (Å²) in [5.74, 6) is -1.27. The van der Waals surface area contributed by atoms with Gasteiger partial charge in [-0.05, 0) is 71.3 Å². The highest BCUT2D eigenvalue weighted by molar-refractivity contribution is 5.70. The average molecular weight is 996 g/mol. The standard InChI is InChI=1S/C56H105N3O11/c1-5-8-11-14-17-18-24-32-45-65-52(60)36-29-25-30-37-53(61)67-47-50(49-69-56(64)66-46-33-40-59-43-41-58(4)42-44-59)48-68-55(63)57-39-31-23-19-22-28-38-54(62)70-51(34-26-20-15-12-9-6-2)35-27-21-16-13-10-7-3/h50-51H,5-49H2,1-4H3,(H,57,63). The van der Waals surface area contributed by atoms with Crippen molar-refractivity contribution in [2.45, 2.75) is 245 Å². The van der Waals surface area contributed by atoms with E-state index in [1.165, 1.54) is 103 Å². The van der Waals surface area contributed by atoms with E-state index in [2.05, 4.69) is 42.9 Å². The molecule has 410 valence electrons. The molecule has 1 fully saturated rings. The van der Waals surface area contributed by atoms with E-state index >= 15 is 0 Å². The van der Waals surface area contributed by atoms with Gasteiger partial charge in [0.25, 0.3) is 0 Å². The van der Waals surface area contributed by atoms with Crippen molar-refractivity contribution < 1.29 is 52.4 Å². The number of ether oxygens (including phenoxy) is 6. The third kappa shape index (κ3) is 42.5. The van der Waals surface area contributed by atoms with Crippen LogP contribution in [0.4, 0.5) is 9.59 Å².